The van der Waals surface area contributed by atoms with Crippen LogP contribution in [0, 0.1) is 0 Å². The highest BCUT2D eigenvalue weighted by atomic mass is 35.5. The van der Waals surface area contributed by atoms with Gasteiger partial charge in [-0.25, -0.2) is 0 Å². The lowest BCUT2D eigenvalue weighted by Crippen LogP contribution is -2.10. The molecule has 0 aromatic heterocycles. The topological polar surface area (TPSA) is 64.3 Å². The number of rotatable bonds is 6. The molecule has 0 unspecified atom stereocenters. The van der Waals surface area contributed by atoms with Crippen LogP contribution in [0.1, 0.15) is 25.3 Å². The van der Waals surface area contributed by atoms with Crippen LogP contribution in [0.4, 0.5) is 5.69 Å². The average Bonchev–Trinajstić information content (AvgIpc) is 2.32. The third kappa shape index (κ3) is 3.89. The van der Waals surface area contributed by atoms with E-state index in [1.807, 2.05) is 0 Å². The molecule has 0 aliphatic carbocycles. The number of hydrogen-bond donors (Lipinski definition) is 2. The molecule has 3 N–H and O–H groups in total. The minimum absolute atomic E-state index is 0.143. The van der Waals surface area contributed by atoms with Crippen LogP contribution in [0.3, 0.4) is 0 Å². The van der Waals surface area contributed by atoms with Crippen LogP contribution in [-0.2, 0) is 11.2 Å². The number of halogens is 1. The van der Waals surface area contributed by atoms with Gasteiger partial charge in [0.15, 0.2) is 0 Å². The van der Waals surface area contributed by atoms with E-state index in [0.29, 0.717) is 23.0 Å². The summed E-state index contributed by atoms with van der Waals surface area (Å²) in [7, 11) is 1.57. The standard InChI is InChI=1S/C13H19ClN2O2/c1-9(17)16-13-10(5-3-4-8-15)11(14)6-7-12(13)18-2/h6-7H,3-5,8,15H2,1-2H3,(H,16,17). The summed E-state index contributed by atoms with van der Waals surface area (Å²) in [4.78, 5) is 11.2. The Morgan fingerprint density at radius 2 is 2.17 bits per heavy atom. The first-order valence-corrected chi connectivity index (χ1v) is 6.31. The maximum Gasteiger partial charge on any atom is 0.221 e. The van der Waals surface area contributed by atoms with Gasteiger partial charge in [0.05, 0.1) is 12.8 Å². The van der Waals surface area contributed by atoms with E-state index < -0.39 is 0 Å². The lowest BCUT2D eigenvalue weighted by atomic mass is 10.0. The van der Waals surface area contributed by atoms with Crippen LogP contribution in [0.25, 0.3) is 0 Å². The van der Waals surface area contributed by atoms with E-state index in [4.69, 9.17) is 22.1 Å². The number of nitrogens with two attached hydrogens (primary N) is 1. The molecule has 0 saturated heterocycles. The van der Waals surface area contributed by atoms with E-state index in [2.05, 4.69) is 5.32 Å². The van der Waals surface area contributed by atoms with E-state index in [-0.39, 0.29) is 5.91 Å². The second-order valence-corrected chi connectivity index (χ2v) is 4.44. The van der Waals surface area contributed by atoms with Crippen molar-refractivity contribution in [3.63, 3.8) is 0 Å². The van der Waals surface area contributed by atoms with Crippen LogP contribution >= 0.6 is 11.6 Å². The van der Waals surface area contributed by atoms with Crippen molar-refractivity contribution in [2.24, 2.45) is 5.73 Å². The lowest BCUT2D eigenvalue weighted by molar-refractivity contribution is -0.114. The molecule has 0 atom stereocenters. The SMILES string of the molecule is COc1ccc(Cl)c(CCCCN)c1NC(C)=O. The Labute approximate surface area is 112 Å². The van der Waals surface area contributed by atoms with Gasteiger partial charge in [-0.15, -0.1) is 0 Å². The molecule has 0 fully saturated rings. The number of ether oxygens (including phenoxy) is 1. The Balaban J connectivity index is 3.05. The normalized spacial score (nSPS) is 10.2. The van der Waals surface area contributed by atoms with Gasteiger partial charge < -0.3 is 15.8 Å². The quantitative estimate of drug-likeness (QED) is 0.781. The van der Waals surface area contributed by atoms with Crippen molar-refractivity contribution in [1.29, 1.82) is 0 Å². The number of nitrogens with one attached hydrogen (secondary N) is 1. The molecule has 0 spiro atoms. The van der Waals surface area contributed by atoms with Crippen molar-refractivity contribution in [2.75, 3.05) is 19.0 Å². The number of anilines is 1. The molecule has 100 valence electrons. The van der Waals surface area contributed by atoms with Gasteiger partial charge in [-0.2, -0.15) is 0 Å². The monoisotopic (exact) mass is 270 g/mol. The number of methoxy groups -OCH3 is 1. The molecule has 0 aliphatic rings. The summed E-state index contributed by atoms with van der Waals surface area (Å²) in [5, 5.41) is 3.42. The lowest BCUT2D eigenvalue weighted by Gasteiger charge is -2.15. The summed E-state index contributed by atoms with van der Waals surface area (Å²) in [5.74, 6) is 0.480. The van der Waals surface area contributed by atoms with Crippen LogP contribution in [0.2, 0.25) is 5.02 Å². The number of amides is 1. The van der Waals surface area contributed by atoms with Gasteiger partial charge in [-0.1, -0.05) is 11.6 Å². The molecule has 0 heterocycles. The molecule has 1 amide bonds. The average molecular weight is 271 g/mol. The second-order valence-electron chi connectivity index (χ2n) is 4.03. The largest absolute Gasteiger partial charge is 0.495 e. The fourth-order valence-electron chi connectivity index (χ4n) is 1.77. The molecule has 0 bridgehead atoms. The van der Waals surface area contributed by atoms with Crippen molar-refractivity contribution in [3.05, 3.63) is 22.7 Å². The van der Waals surface area contributed by atoms with Crippen molar-refractivity contribution in [1.82, 2.24) is 0 Å². The molecular weight excluding hydrogens is 252 g/mol. The first-order chi connectivity index (χ1) is 8.60. The van der Waals surface area contributed by atoms with Crippen molar-refractivity contribution < 1.29 is 9.53 Å². The Morgan fingerprint density at radius 3 is 2.72 bits per heavy atom. The number of benzene rings is 1. The summed E-state index contributed by atoms with van der Waals surface area (Å²) in [6, 6.07) is 3.53. The van der Waals surface area contributed by atoms with E-state index in [1.165, 1.54) is 6.92 Å². The van der Waals surface area contributed by atoms with E-state index in [1.54, 1.807) is 19.2 Å². The van der Waals surface area contributed by atoms with E-state index in [0.717, 1.165) is 24.8 Å². The van der Waals surface area contributed by atoms with Gasteiger partial charge >= 0.3 is 0 Å². The predicted octanol–water partition coefficient (Wildman–Crippen LogP) is 2.59. The summed E-state index contributed by atoms with van der Waals surface area (Å²) >= 11 is 6.18. The number of hydrogen-bond acceptors (Lipinski definition) is 3. The van der Waals surface area contributed by atoms with Gasteiger partial charge in [-0.3, -0.25) is 4.79 Å². The Hall–Kier alpha value is -1.26. The number of unbranched alkanes of at least 4 members (excludes halogenated alkanes) is 1. The molecule has 1 aromatic rings. The maximum atomic E-state index is 11.2. The van der Waals surface area contributed by atoms with Crippen LogP contribution in [-0.4, -0.2) is 19.6 Å². The highest BCUT2D eigenvalue weighted by Crippen LogP contribution is 2.34. The highest BCUT2D eigenvalue weighted by Gasteiger charge is 2.13. The first-order valence-electron chi connectivity index (χ1n) is 5.93. The Kier molecular flexibility index (Phi) is 5.95. The van der Waals surface area contributed by atoms with Gasteiger partial charge in [0.25, 0.3) is 0 Å². The highest BCUT2D eigenvalue weighted by molar-refractivity contribution is 6.32. The van der Waals surface area contributed by atoms with Gasteiger partial charge in [0.2, 0.25) is 5.91 Å². The molecule has 0 radical (unpaired) electrons. The maximum absolute atomic E-state index is 11.2. The van der Waals surface area contributed by atoms with E-state index in [9.17, 15) is 4.79 Å². The van der Waals surface area contributed by atoms with Crippen LogP contribution in [0.5, 0.6) is 5.75 Å². The second kappa shape index (κ2) is 7.24. The zero-order chi connectivity index (χ0) is 13.5. The molecule has 1 rings (SSSR count). The summed E-state index contributed by atoms with van der Waals surface area (Å²) in [6.45, 7) is 2.11. The third-order valence-electron chi connectivity index (χ3n) is 2.62. The van der Waals surface area contributed by atoms with Gasteiger partial charge in [0.1, 0.15) is 5.75 Å². The Bertz CT molecular complexity index is 422. The minimum Gasteiger partial charge on any atom is -0.495 e. The summed E-state index contributed by atoms with van der Waals surface area (Å²) < 4.78 is 5.25. The minimum atomic E-state index is -0.143. The molecule has 1 aromatic carbocycles. The molecule has 4 nitrogen and oxygen atoms in total. The molecule has 5 heteroatoms. The number of carbonyl (C=O) groups is 1. The predicted molar refractivity (Wildman–Crippen MR) is 74.3 cm³/mol. The van der Waals surface area contributed by atoms with Crippen LogP contribution in [0.15, 0.2) is 12.1 Å². The molecule has 0 aliphatic heterocycles. The van der Waals surface area contributed by atoms with E-state index >= 15 is 0 Å². The number of carbonyl (C=O) groups excluding carboxylic acids is 1. The zero-order valence-corrected chi connectivity index (χ0v) is 11.5. The van der Waals surface area contributed by atoms with Crippen molar-refractivity contribution in [2.45, 2.75) is 26.2 Å². The third-order valence-corrected chi connectivity index (χ3v) is 2.97. The molecular formula is C13H19ClN2O2. The van der Waals surface area contributed by atoms with Crippen molar-refractivity contribution in [3.8, 4) is 5.75 Å². The van der Waals surface area contributed by atoms with Crippen LogP contribution < -0.4 is 15.8 Å². The molecule has 0 saturated carbocycles. The van der Waals surface area contributed by atoms with Gasteiger partial charge in [-0.05, 0) is 43.5 Å². The zero-order valence-electron chi connectivity index (χ0n) is 10.8. The fraction of sp³-hybridized carbons (Fsp3) is 0.462. The Morgan fingerprint density at radius 1 is 1.44 bits per heavy atom. The fourth-order valence-corrected chi connectivity index (χ4v) is 2.03. The van der Waals surface area contributed by atoms with Crippen molar-refractivity contribution >= 4 is 23.2 Å². The summed E-state index contributed by atoms with van der Waals surface area (Å²) in [6.07, 6.45) is 2.62. The summed E-state index contributed by atoms with van der Waals surface area (Å²) in [5.41, 5.74) is 7.04. The smallest absolute Gasteiger partial charge is 0.221 e. The van der Waals surface area contributed by atoms with Gasteiger partial charge in [0, 0.05) is 11.9 Å². The molecule has 18 heavy (non-hydrogen) atoms. The first kappa shape index (κ1) is 14.8.